The lowest BCUT2D eigenvalue weighted by molar-refractivity contribution is 0.0810. The number of hydrogen-bond donors (Lipinski definition) is 1. The van der Waals surface area contributed by atoms with E-state index in [4.69, 9.17) is 5.73 Å². The van der Waals surface area contributed by atoms with Crippen molar-refractivity contribution in [1.82, 2.24) is 9.88 Å². The van der Waals surface area contributed by atoms with E-state index in [1.54, 1.807) is 24.1 Å². The molecule has 0 unspecified atom stereocenters. The molecule has 88 valence electrons. The number of fused-ring (bicyclic) bond motifs is 1. The number of hydrogen-bond acceptors (Lipinski definition) is 4. The summed E-state index contributed by atoms with van der Waals surface area (Å²) in [5, 5.41) is 0.518. The first-order valence-electron chi connectivity index (χ1n) is 5.14. The minimum absolute atomic E-state index is 0.0289. The van der Waals surface area contributed by atoms with Crippen LogP contribution in [0, 0.1) is 0 Å². The Bertz CT molecular complexity index is 576. The van der Waals surface area contributed by atoms with E-state index in [1.165, 1.54) is 11.3 Å². The second-order valence-electron chi connectivity index (χ2n) is 3.71. The van der Waals surface area contributed by atoms with E-state index in [0.717, 1.165) is 10.2 Å². The van der Waals surface area contributed by atoms with Gasteiger partial charge in [0, 0.05) is 19.2 Å². The van der Waals surface area contributed by atoms with Gasteiger partial charge in [-0.15, -0.1) is 6.58 Å². The molecule has 2 rings (SSSR count). The number of nitrogens with zero attached hydrogens (tertiary/aromatic N) is 2. The van der Waals surface area contributed by atoms with E-state index in [9.17, 15) is 4.79 Å². The number of likely N-dealkylation sites (N-methyl/N-ethyl adjacent to an activating group) is 1. The molecule has 1 aromatic carbocycles. The van der Waals surface area contributed by atoms with Gasteiger partial charge in [0.15, 0.2) is 5.13 Å². The van der Waals surface area contributed by atoms with E-state index < -0.39 is 0 Å². The fourth-order valence-corrected chi connectivity index (χ4v) is 2.35. The highest BCUT2D eigenvalue weighted by Gasteiger charge is 2.11. The van der Waals surface area contributed by atoms with Crippen molar-refractivity contribution in [2.24, 2.45) is 0 Å². The van der Waals surface area contributed by atoms with E-state index in [2.05, 4.69) is 11.6 Å². The molecule has 1 amide bonds. The number of carbonyl (C=O) groups excluding carboxylic acids is 1. The van der Waals surface area contributed by atoms with Crippen LogP contribution in [0.4, 0.5) is 5.13 Å². The number of anilines is 1. The molecule has 1 heterocycles. The van der Waals surface area contributed by atoms with Crippen LogP contribution in [-0.2, 0) is 0 Å². The molecule has 1 aromatic heterocycles. The minimum Gasteiger partial charge on any atom is -0.375 e. The van der Waals surface area contributed by atoms with E-state index >= 15 is 0 Å². The lowest BCUT2D eigenvalue weighted by atomic mass is 10.2. The number of thiazole rings is 1. The second-order valence-corrected chi connectivity index (χ2v) is 4.77. The monoisotopic (exact) mass is 247 g/mol. The van der Waals surface area contributed by atoms with Gasteiger partial charge in [-0.25, -0.2) is 4.98 Å². The van der Waals surface area contributed by atoms with Gasteiger partial charge in [0.2, 0.25) is 0 Å². The maximum Gasteiger partial charge on any atom is 0.253 e. The molecule has 0 aliphatic carbocycles. The predicted octanol–water partition coefficient (Wildman–Crippen LogP) is 2.14. The molecule has 0 bridgehead atoms. The molecular weight excluding hydrogens is 234 g/mol. The SMILES string of the molecule is C=CCN(C)C(=O)c1ccc2nc(N)sc2c1. The summed E-state index contributed by atoms with van der Waals surface area (Å²) in [7, 11) is 1.75. The van der Waals surface area contributed by atoms with Crippen molar-refractivity contribution in [3.8, 4) is 0 Å². The molecule has 0 spiro atoms. The zero-order valence-corrected chi connectivity index (χ0v) is 10.3. The van der Waals surface area contributed by atoms with Crippen LogP contribution in [-0.4, -0.2) is 29.4 Å². The zero-order valence-electron chi connectivity index (χ0n) is 9.51. The largest absolute Gasteiger partial charge is 0.375 e. The zero-order chi connectivity index (χ0) is 12.4. The Kier molecular flexibility index (Phi) is 3.10. The van der Waals surface area contributed by atoms with Crippen molar-refractivity contribution in [1.29, 1.82) is 0 Å². The molecular formula is C12H13N3OS. The normalized spacial score (nSPS) is 10.4. The molecule has 5 heteroatoms. The molecule has 0 fully saturated rings. The fraction of sp³-hybridized carbons (Fsp3) is 0.167. The third-order valence-corrected chi connectivity index (χ3v) is 3.25. The van der Waals surface area contributed by atoms with Gasteiger partial charge < -0.3 is 10.6 Å². The molecule has 0 aliphatic rings. The molecule has 2 N–H and O–H groups in total. The van der Waals surface area contributed by atoms with Gasteiger partial charge in [0.1, 0.15) is 0 Å². The van der Waals surface area contributed by atoms with Gasteiger partial charge in [-0.2, -0.15) is 0 Å². The third kappa shape index (κ3) is 2.29. The average molecular weight is 247 g/mol. The highest BCUT2D eigenvalue weighted by molar-refractivity contribution is 7.22. The molecule has 0 atom stereocenters. The summed E-state index contributed by atoms with van der Waals surface area (Å²) in [5.74, 6) is -0.0289. The standard InChI is InChI=1S/C12H13N3OS/c1-3-6-15(2)11(16)8-4-5-9-10(7-8)17-12(13)14-9/h3-5,7H,1,6H2,2H3,(H2,13,14). The summed E-state index contributed by atoms with van der Waals surface area (Å²) in [6.07, 6.45) is 1.70. The van der Waals surface area contributed by atoms with Gasteiger partial charge in [-0.3, -0.25) is 4.79 Å². The van der Waals surface area contributed by atoms with Crippen LogP contribution in [0.15, 0.2) is 30.9 Å². The quantitative estimate of drug-likeness (QED) is 0.845. The molecule has 0 saturated carbocycles. The van der Waals surface area contributed by atoms with E-state index in [-0.39, 0.29) is 5.91 Å². The van der Waals surface area contributed by atoms with Gasteiger partial charge in [-0.05, 0) is 18.2 Å². The summed E-state index contributed by atoms with van der Waals surface area (Å²) in [6, 6.07) is 5.41. The number of rotatable bonds is 3. The maximum absolute atomic E-state index is 12.0. The van der Waals surface area contributed by atoms with Crippen LogP contribution < -0.4 is 5.73 Å². The van der Waals surface area contributed by atoms with Crippen LogP contribution in [0.2, 0.25) is 0 Å². The Morgan fingerprint density at radius 1 is 1.65 bits per heavy atom. The number of benzene rings is 1. The van der Waals surface area contributed by atoms with Gasteiger partial charge in [0.05, 0.1) is 10.2 Å². The van der Waals surface area contributed by atoms with Crippen LogP contribution in [0.25, 0.3) is 10.2 Å². The number of amides is 1. The predicted molar refractivity (Wildman–Crippen MR) is 71.2 cm³/mol. The maximum atomic E-state index is 12.0. The summed E-state index contributed by atoms with van der Waals surface area (Å²) in [6.45, 7) is 4.14. The Morgan fingerprint density at radius 2 is 2.41 bits per heavy atom. The van der Waals surface area contributed by atoms with Gasteiger partial charge in [-0.1, -0.05) is 17.4 Å². The molecule has 17 heavy (non-hydrogen) atoms. The number of nitrogens with two attached hydrogens (primary N) is 1. The molecule has 0 radical (unpaired) electrons. The van der Waals surface area contributed by atoms with Crippen LogP contribution >= 0.6 is 11.3 Å². The Hall–Kier alpha value is -1.88. The topological polar surface area (TPSA) is 59.2 Å². The smallest absolute Gasteiger partial charge is 0.253 e. The molecule has 2 aromatic rings. The molecule has 4 nitrogen and oxygen atoms in total. The summed E-state index contributed by atoms with van der Waals surface area (Å²) < 4.78 is 0.931. The summed E-state index contributed by atoms with van der Waals surface area (Å²) >= 11 is 1.38. The van der Waals surface area contributed by atoms with Crippen molar-refractivity contribution in [3.05, 3.63) is 36.4 Å². The highest BCUT2D eigenvalue weighted by Crippen LogP contribution is 2.24. The average Bonchev–Trinajstić information content (AvgIpc) is 2.67. The highest BCUT2D eigenvalue weighted by atomic mass is 32.1. The summed E-state index contributed by atoms with van der Waals surface area (Å²) in [4.78, 5) is 17.8. The van der Waals surface area contributed by atoms with Crippen molar-refractivity contribution in [3.63, 3.8) is 0 Å². The third-order valence-electron chi connectivity index (χ3n) is 2.40. The van der Waals surface area contributed by atoms with Crippen molar-refractivity contribution < 1.29 is 4.79 Å². The van der Waals surface area contributed by atoms with Crippen LogP contribution in [0.5, 0.6) is 0 Å². The van der Waals surface area contributed by atoms with Crippen LogP contribution in [0.3, 0.4) is 0 Å². The Labute approximate surface area is 103 Å². The number of nitrogen functional groups attached to an aromatic ring is 1. The Morgan fingerprint density at radius 3 is 3.12 bits per heavy atom. The van der Waals surface area contributed by atoms with Crippen molar-refractivity contribution in [2.75, 3.05) is 19.3 Å². The van der Waals surface area contributed by atoms with E-state index in [0.29, 0.717) is 17.2 Å². The second kappa shape index (κ2) is 4.55. The molecule has 0 saturated heterocycles. The van der Waals surface area contributed by atoms with Crippen LogP contribution in [0.1, 0.15) is 10.4 Å². The first-order chi connectivity index (χ1) is 8.11. The summed E-state index contributed by atoms with van der Waals surface area (Å²) in [5.41, 5.74) is 7.10. The van der Waals surface area contributed by atoms with E-state index in [1.807, 2.05) is 12.1 Å². The minimum atomic E-state index is -0.0289. The Balaban J connectivity index is 2.35. The number of carbonyl (C=O) groups is 1. The van der Waals surface area contributed by atoms with Crippen molar-refractivity contribution in [2.45, 2.75) is 0 Å². The van der Waals surface area contributed by atoms with Gasteiger partial charge in [0.25, 0.3) is 5.91 Å². The van der Waals surface area contributed by atoms with Crippen molar-refractivity contribution >= 4 is 32.6 Å². The lowest BCUT2D eigenvalue weighted by Crippen LogP contribution is -2.26. The first-order valence-corrected chi connectivity index (χ1v) is 5.96. The first kappa shape index (κ1) is 11.6. The molecule has 0 aliphatic heterocycles. The lowest BCUT2D eigenvalue weighted by Gasteiger charge is -2.14. The van der Waals surface area contributed by atoms with Gasteiger partial charge >= 0.3 is 0 Å². The number of aromatic nitrogens is 1. The fourth-order valence-electron chi connectivity index (χ4n) is 1.57.